The van der Waals surface area contributed by atoms with Crippen molar-refractivity contribution >= 4 is 5.78 Å². The van der Waals surface area contributed by atoms with Gasteiger partial charge in [-0.3, -0.25) is 4.79 Å². The van der Waals surface area contributed by atoms with Crippen molar-refractivity contribution in [1.29, 1.82) is 0 Å². The van der Waals surface area contributed by atoms with Crippen LogP contribution in [-0.2, 0) is 15.9 Å². The van der Waals surface area contributed by atoms with E-state index in [1.165, 1.54) is 15.2 Å². The number of Topliss-reactive ketones (excluding diaryl/α,β-unsaturated/α-hetero) is 1. The lowest BCUT2D eigenvalue weighted by molar-refractivity contribution is -0.365. The summed E-state index contributed by atoms with van der Waals surface area (Å²) in [7, 11) is 0. The Labute approximate surface area is 197 Å². The Morgan fingerprint density at radius 1 is 0.697 bits per heavy atom. The van der Waals surface area contributed by atoms with Gasteiger partial charge in [-0.1, -0.05) is 24.3 Å². The fourth-order valence-corrected chi connectivity index (χ4v) is 7.31. The first kappa shape index (κ1) is 24.8. The van der Waals surface area contributed by atoms with Gasteiger partial charge in [0.1, 0.15) is 5.78 Å². The molecule has 184 valence electrons. The van der Waals surface area contributed by atoms with Crippen LogP contribution < -0.4 is 0 Å². The molecule has 0 aromatic heterocycles. The number of hydrogen-bond acceptors (Lipinski definition) is 7. The number of nitrogens with zero attached hydrogens (tertiary/aromatic N) is 3. The van der Waals surface area contributed by atoms with Gasteiger partial charge in [0, 0.05) is 18.4 Å². The van der Waals surface area contributed by atoms with E-state index < -0.39 is 33.2 Å². The lowest BCUT2D eigenvalue weighted by Crippen LogP contribution is -2.80. The summed E-state index contributed by atoms with van der Waals surface area (Å²) in [5.41, 5.74) is -3.49. The van der Waals surface area contributed by atoms with E-state index in [1.807, 2.05) is 79.7 Å². The van der Waals surface area contributed by atoms with E-state index in [-0.39, 0.29) is 18.6 Å². The Kier molecular flexibility index (Phi) is 5.32. The van der Waals surface area contributed by atoms with E-state index in [1.54, 1.807) is 0 Å². The summed E-state index contributed by atoms with van der Waals surface area (Å²) < 4.78 is 0. The number of fused-ring (bicyclic) bond motifs is 1. The summed E-state index contributed by atoms with van der Waals surface area (Å²) in [5.74, 6) is 0.0140. The molecule has 2 saturated heterocycles. The average molecular weight is 460 g/mol. The van der Waals surface area contributed by atoms with Crippen LogP contribution in [0, 0.1) is 0 Å². The topological polar surface area (TPSA) is 87.5 Å². The van der Waals surface area contributed by atoms with Gasteiger partial charge in [-0.05, 0) is 85.8 Å². The molecule has 2 fully saturated rings. The molecule has 0 aliphatic carbocycles. The number of hydrogen-bond donors (Lipinski definition) is 3. The third kappa shape index (κ3) is 2.87. The van der Waals surface area contributed by atoms with Gasteiger partial charge in [-0.25, -0.2) is 0 Å². The molecule has 33 heavy (non-hydrogen) atoms. The Morgan fingerprint density at radius 2 is 1.24 bits per heavy atom. The highest BCUT2D eigenvalue weighted by Crippen LogP contribution is 2.60. The molecule has 1 aromatic rings. The first-order valence-electron chi connectivity index (χ1n) is 12.1. The molecule has 3 aliphatic heterocycles. The Morgan fingerprint density at radius 3 is 1.85 bits per heavy atom. The summed E-state index contributed by atoms with van der Waals surface area (Å²) in [6.07, 6.45) is 2.56. The first-order valence-corrected chi connectivity index (χ1v) is 12.1. The summed E-state index contributed by atoms with van der Waals surface area (Å²) >= 11 is 0. The third-order valence-electron chi connectivity index (χ3n) is 9.78. The van der Waals surface area contributed by atoms with Gasteiger partial charge in [0.25, 0.3) is 0 Å². The van der Waals surface area contributed by atoms with E-state index in [0.29, 0.717) is 6.42 Å². The Balaban J connectivity index is 1.90. The molecule has 0 saturated carbocycles. The van der Waals surface area contributed by atoms with Gasteiger partial charge in [-0.2, -0.15) is 15.2 Å². The zero-order valence-electron chi connectivity index (χ0n) is 21.4. The van der Waals surface area contributed by atoms with Crippen LogP contribution in [0.15, 0.2) is 24.3 Å². The maximum Gasteiger partial charge on any atom is 0.136 e. The minimum atomic E-state index is -1.15. The van der Waals surface area contributed by atoms with Crippen LogP contribution in [0.1, 0.15) is 98.6 Å². The lowest BCUT2D eigenvalue weighted by Gasteiger charge is -2.66. The molecule has 4 unspecified atom stereocenters. The van der Waals surface area contributed by atoms with Crippen molar-refractivity contribution in [3.8, 4) is 0 Å². The molecule has 0 spiro atoms. The second-order valence-corrected chi connectivity index (χ2v) is 12.5. The van der Waals surface area contributed by atoms with Crippen LogP contribution in [0.2, 0.25) is 0 Å². The smallest absolute Gasteiger partial charge is 0.136 e. The molecular formula is C26H41N3O4. The maximum absolute atomic E-state index is 13.4. The predicted molar refractivity (Wildman–Crippen MR) is 125 cm³/mol. The SMILES string of the molecule is CC1(C)CCCC(C)(C2(C)CC(=O)CC(C)(C3(C)c4ccccc4C(C)(C)N3O)N2O)N1O. The summed E-state index contributed by atoms with van der Waals surface area (Å²) in [6, 6.07) is 7.86. The predicted octanol–water partition coefficient (Wildman–Crippen LogP) is 4.83. The standard InChI is InChI=1S/C26H41N3O4/c1-21(2)14-11-15-23(5,27(21)31)24(6)16-18(30)17-25(7,29(24)33)26(8)20-13-10-9-12-19(20)22(3,4)28(26)32/h9-10,12-13,31-33H,11,14-17H2,1-8H3. The fraction of sp³-hybridized carbons (Fsp3) is 0.731. The first-order chi connectivity index (χ1) is 15.0. The molecule has 7 heteroatoms. The number of benzene rings is 1. The molecule has 4 atom stereocenters. The minimum absolute atomic E-state index is 0.0140. The number of hydroxylamine groups is 6. The van der Waals surface area contributed by atoms with Gasteiger partial charge in [0.2, 0.25) is 0 Å². The fourth-order valence-electron chi connectivity index (χ4n) is 7.31. The highest BCUT2D eigenvalue weighted by Gasteiger charge is 2.70. The van der Waals surface area contributed by atoms with Crippen LogP contribution in [0.5, 0.6) is 0 Å². The van der Waals surface area contributed by atoms with Crippen molar-refractivity contribution in [3.05, 3.63) is 35.4 Å². The molecule has 1 aromatic carbocycles. The zero-order valence-corrected chi connectivity index (χ0v) is 21.4. The average Bonchev–Trinajstić information content (AvgIpc) is 2.89. The molecule has 0 radical (unpaired) electrons. The van der Waals surface area contributed by atoms with Gasteiger partial charge in [-0.15, -0.1) is 0 Å². The molecule has 4 rings (SSSR count). The van der Waals surface area contributed by atoms with Crippen molar-refractivity contribution in [3.63, 3.8) is 0 Å². The number of carbonyl (C=O) groups is 1. The Hall–Kier alpha value is -1.35. The minimum Gasteiger partial charge on any atom is -0.313 e. The molecule has 3 aliphatic rings. The highest BCUT2D eigenvalue weighted by atomic mass is 16.5. The molecule has 3 heterocycles. The van der Waals surface area contributed by atoms with Crippen molar-refractivity contribution in [2.24, 2.45) is 0 Å². The molecular weight excluding hydrogens is 418 g/mol. The molecule has 0 amide bonds. The van der Waals surface area contributed by atoms with E-state index in [9.17, 15) is 20.4 Å². The number of ketones is 1. The second kappa shape index (κ2) is 7.09. The Bertz CT molecular complexity index is 980. The van der Waals surface area contributed by atoms with Crippen molar-refractivity contribution in [2.75, 3.05) is 0 Å². The number of carbonyl (C=O) groups excluding carboxylic acids is 1. The monoisotopic (exact) mass is 459 g/mol. The van der Waals surface area contributed by atoms with E-state index >= 15 is 0 Å². The van der Waals surface area contributed by atoms with Crippen LogP contribution in [0.25, 0.3) is 0 Å². The molecule has 3 N–H and O–H groups in total. The van der Waals surface area contributed by atoms with Gasteiger partial charge < -0.3 is 15.6 Å². The van der Waals surface area contributed by atoms with Crippen molar-refractivity contribution < 1.29 is 20.4 Å². The van der Waals surface area contributed by atoms with Crippen LogP contribution in [0.3, 0.4) is 0 Å². The lowest BCUT2D eigenvalue weighted by atomic mass is 9.60. The van der Waals surface area contributed by atoms with Crippen molar-refractivity contribution in [1.82, 2.24) is 15.2 Å². The van der Waals surface area contributed by atoms with Crippen LogP contribution in [0.4, 0.5) is 0 Å². The largest absolute Gasteiger partial charge is 0.313 e. The normalized spacial score (nSPS) is 41.8. The van der Waals surface area contributed by atoms with Crippen LogP contribution >= 0.6 is 0 Å². The highest BCUT2D eigenvalue weighted by molar-refractivity contribution is 5.82. The third-order valence-corrected chi connectivity index (χ3v) is 9.78. The molecule has 0 bridgehead atoms. The van der Waals surface area contributed by atoms with Gasteiger partial charge >= 0.3 is 0 Å². The van der Waals surface area contributed by atoms with E-state index in [0.717, 1.165) is 24.0 Å². The quantitative estimate of drug-likeness (QED) is 0.584. The summed E-state index contributed by atoms with van der Waals surface area (Å²) in [4.78, 5) is 13.4. The zero-order chi connectivity index (χ0) is 24.8. The van der Waals surface area contributed by atoms with Crippen LogP contribution in [-0.4, -0.2) is 58.8 Å². The summed E-state index contributed by atoms with van der Waals surface area (Å²) in [6.45, 7) is 15.5. The second-order valence-electron chi connectivity index (χ2n) is 12.5. The van der Waals surface area contributed by atoms with Gasteiger partial charge in [0.05, 0.1) is 27.7 Å². The molecule has 7 nitrogen and oxygen atoms in total. The maximum atomic E-state index is 13.4. The van der Waals surface area contributed by atoms with Gasteiger partial charge in [0.15, 0.2) is 0 Å². The van der Waals surface area contributed by atoms with E-state index in [4.69, 9.17) is 0 Å². The number of piperidine rings is 2. The van der Waals surface area contributed by atoms with Crippen molar-refractivity contribution in [2.45, 2.75) is 121 Å². The van der Waals surface area contributed by atoms with E-state index in [2.05, 4.69) is 0 Å². The summed E-state index contributed by atoms with van der Waals surface area (Å²) in [5, 5.41) is 39.1. The number of rotatable bonds is 2.